The molecule has 11 heteroatoms. The molecule has 0 bridgehead atoms. The molecule has 0 amide bonds. The summed E-state index contributed by atoms with van der Waals surface area (Å²) in [7, 11) is 3.72. The first kappa shape index (κ1) is 21.7. The van der Waals surface area contributed by atoms with Crippen molar-refractivity contribution in [2.45, 2.75) is 26.1 Å². The summed E-state index contributed by atoms with van der Waals surface area (Å²) in [5, 5.41) is 0. The largest absolute Gasteiger partial charge is 0.465 e. The van der Waals surface area contributed by atoms with Gasteiger partial charge in [0.15, 0.2) is 5.69 Å². The molecule has 0 aromatic carbocycles. The molecular formula is C15H17F5N2O4. The van der Waals surface area contributed by atoms with E-state index in [1.165, 1.54) is 25.9 Å². The third-order valence-corrected chi connectivity index (χ3v) is 3.15. The van der Waals surface area contributed by atoms with E-state index in [2.05, 4.69) is 14.5 Å². The summed E-state index contributed by atoms with van der Waals surface area (Å²) in [6.07, 6.45) is -8.72. The van der Waals surface area contributed by atoms with Crippen molar-refractivity contribution in [3.63, 3.8) is 0 Å². The highest BCUT2D eigenvalue weighted by molar-refractivity contribution is 5.99. The molecule has 6 nitrogen and oxygen atoms in total. The number of esters is 2. The molecule has 0 N–H and O–H groups in total. The monoisotopic (exact) mass is 384 g/mol. The molecule has 0 saturated carbocycles. The van der Waals surface area contributed by atoms with Crippen molar-refractivity contribution in [2.24, 2.45) is 0 Å². The van der Waals surface area contributed by atoms with Gasteiger partial charge in [0.2, 0.25) is 0 Å². The van der Waals surface area contributed by atoms with Gasteiger partial charge in [0.1, 0.15) is 5.69 Å². The Morgan fingerprint density at radius 3 is 2.12 bits per heavy atom. The van der Waals surface area contributed by atoms with Crippen LogP contribution in [0.5, 0.6) is 0 Å². The van der Waals surface area contributed by atoms with E-state index >= 15 is 0 Å². The van der Waals surface area contributed by atoms with Crippen LogP contribution in [0.1, 0.15) is 51.0 Å². The predicted molar refractivity (Wildman–Crippen MR) is 78.9 cm³/mol. The number of hydrogen-bond donors (Lipinski definition) is 0. The smallest absolute Gasteiger partial charge is 0.434 e. The topological polar surface area (TPSA) is 68.7 Å². The van der Waals surface area contributed by atoms with E-state index in [-0.39, 0.29) is 6.61 Å². The maximum atomic E-state index is 13.4. The van der Waals surface area contributed by atoms with Crippen LogP contribution in [0.2, 0.25) is 0 Å². The molecule has 0 aliphatic carbocycles. The van der Waals surface area contributed by atoms with E-state index in [1.807, 2.05) is 0 Å². The van der Waals surface area contributed by atoms with Crippen molar-refractivity contribution in [2.75, 3.05) is 27.8 Å². The summed E-state index contributed by atoms with van der Waals surface area (Å²) in [4.78, 5) is 28.3. The highest BCUT2D eigenvalue weighted by Gasteiger charge is 2.43. The van der Waals surface area contributed by atoms with Crippen molar-refractivity contribution >= 4 is 11.9 Å². The van der Waals surface area contributed by atoms with E-state index in [1.54, 1.807) is 0 Å². The number of hydrogen-bond acceptors (Lipinski definition) is 6. The molecule has 0 aliphatic rings. The molecular weight excluding hydrogens is 367 g/mol. The van der Waals surface area contributed by atoms with Gasteiger partial charge in [0.25, 0.3) is 6.43 Å². The van der Waals surface area contributed by atoms with Gasteiger partial charge < -0.3 is 14.4 Å². The van der Waals surface area contributed by atoms with Crippen molar-refractivity contribution in [1.82, 2.24) is 9.88 Å². The molecule has 0 atom stereocenters. The predicted octanol–water partition coefficient (Wildman–Crippen LogP) is 3.06. The second kappa shape index (κ2) is 8.39. The number of methoxy groups -OCH3 is 1. The average molecular weight is 384 g/mol. The molecule has 1 aromatic rings. The van der Waals surface area contributed by atoms with Gasteiger partial charge in [-0.3, -0.25) is 0 Å². The lowest BCUT2D eigenvalue weighted by molar-refractivity contribution is -0.142. The number of nitrogens with zero attached hydrogens (tertiary/aromatic N) is 2. The second-order valence-corrected chi connectivity index (χ2v) is 5.32. The Hall–Kier alpha value is -2.30. The van der Waals surface area contributed by atoms with Crippen molar-refractivity contribution < 1.29 is 41.0 Å². The standard InChI is InChI=1S/C15H17F5N2O4/c1-5-26-14(24)9-7(6-22(2)3)8(13(23)25-4)10(12(16)17)21-11(9)15(18,19)20/h12H,5-6H2,1-4H3. The Balaban J connectivity index is 4.03. The summed E-state index contributed by atoms with van der Waals surface area (Å²) in [6, 6.07) is 0. The average Bonchev–Trinajstić information content (AvgIpc) is 2.51. The molecule has 0 aliphatic heterocycles. The summed E-state index contributed by atoms with van der Waals surface area (Å²) in [6.45, 7) is 0.671. The van der Waals surface area contributed by atoms with E-state index < -0.39 is 59.2 Å². The molecule has 26 heavy (non-hydrogen) atoms. The SMILES string of the molecule is CCOC(=O)c1c(C(F)(F)F)nc(C(F)F)c(C(=O)OC)c1CN(C)C. The van der Waals surface area contributed by atoms with Gasteiger partial charge in [-0.1, -0.05) is 0 Å². The summed E-state index contributed by atoms with van der Waals surface area (Å²) >= 11 is 0. The summed E-state index contributed by atoms with van der Waals surface area (Å²) in [5.74, 6) is -2.75. The Morgan fingerprint density at radius 2 is 1.73 bits per heavy atom. The van der Waals surface area contributed by atoms with E-state index in [9.17, 15) is 31.5 Å². The fraction of sp³-hybridized carbons (Fsp3) is 0.533. The number of rotatable bonds is 6. The van der Waals surface area contributed by atoms with Crippen LogP contribution in [-0.4, -0.2) is 49.6 Å². The van der Waals surface area contributed by atoms with E-state index in [0.29, 0.717) is 0 Å². The zero-order valence-electron chi connectivity index (χ0n) is 14.4. The van der Waals surface area contributed by atoms with Crippen molar-refractivity contribution in [3.8, 4) is 0 Å². The van der Waals surface area contributed by atoms with E-state index in [4.69, 9.17) is 0 Å². The Bertz CT molecular complexity index is 690. The molecule has 0 saturated heterocycles. The van der Waals surface area contributed by atoms with Crippen LogP contribution >= 0.6 is 0 Å². The minimum atomic E-state index is -5.22. The van der Waals surface area contributed by atoms with Crippen LogP contribution in [0.15, 0.2) is 0 Å². The van der Waals surface area contributed by atoms with Crippen LogP contribution < -0.4 is 0 Å². The van der Waals surface area contributed by atoms with Gasteiger partial charge in [-0.25, -0.2) is 23.4 Å². The lowest BCUT2D eigenvalue weighted by atomic mass is 9.96. The minimum absolute atomic E-state index is 0.262. The second-order valence-electron chi connectivity index (χ2n) is 5.32. The van der Waals surface area contributed by atoms with Crippen LogP contribution in [0, 0.1) is 0 Å². The highest BCUT2D eigenvalue weighted by atomic mass is 19.4. The van der Waals surface area contributed by atoms with Gasteiger partial charge in [-0.05, 0) is 26.6 Å². The third-order valence-electron chi connectivity index (χ3n) is 3.15. The molecule has 0 fully saturated rings. The Labute approximate surface area is 145 Å². The summed E-state index contributed by atoms with van der Waals surface area (Å²) < 4.78 is 75.8. The van der Waals surface area contributed by atoms with Gasteiger partial charge in [0, 0.05) is 6.54 Å². The lowest BCUT2D eigenvalue weighted by Crippen LogP contribution is -2.27. The van der Waals surface area contributed by atoms with Crippen LogP contribution in [0.3, 0.4) is 0 Å². The molecule has 0 spiro atoms. The normalized spacial score (nSPS) is 11.8. The van der Waals surface area contributed by atoms with Gasteiger partial charge in [-0.15, -0.1) is 0 Å². The quantitative estimate of drug-likeness (QED) is 0.555. The van der Waals surface area contributed by atoms with Crippen LogP contribution in [0.4, 0.5) is 22.0 Å². The van der Waals surface area contributed by atoms with Crippen LogP contribution in [0.25, 0.3) is 0 Å². The highest BCUT2D eigenvalue weighted by Crippen LogP contribution is 2.37. The van der Waals surface area contributed by atoms with Crippen molar-refractivity contribution in [3.05, 3.63) is 28.1 Å². The number of pyridine rings is 1. The van der Waals surface area contributed by atoms with Gasteiger partial charge >= 0.3 is 18.1 Å². The fourth-order valence-corrected chi connectivity index (χ4v) is 2.25. The fourth-order valence-electron chi connectivity index (χ4n) is 2.25. The molecule has 1 aromatic heterocycles. The first-order valence-electron chi connectivity index (χ1n) is 7.27. The molecule has 1 heterocycles. The minimum Gasteiger partial charge on any atom is -0.465 e. The summed E-state index contributed by atoms with van der Waals surface area (Å²) in [5.41, 5.74) is -5.80. The molecule has 1 rings (SSSR count). The number of carbonyl (C=O) groups is 2. The number of carbonyl (C=O) groups excluding carboxylic acids is 2. The molecule has 0 unspecified atom stereocenters. The maximum Gasteiger partial charge on any atom is 0.434 e. The molecule has 146 valence electrons. The lowest BCUT2D eigenvalue weighted by Gasteiger charge is -2.22. The number of alkyl halides is 5. The maximum absolute atomic E-state index is 13.4. The number of halogens is 5. The first-order valence-corrected chi connectivity index (χ1v) is 7.27. The zero-order chi connectivity index (χ0) is 20.2. The number of aromatic nitrogens is 1. The molecule has 0 radical (unpaired) electrons. The Morgan fingerprint density at radius 1 is 1.15 bits per heavy atom. The Kier molecular flexibility index (Phi) is 7.01. The van der Waals surface area contributed by atoms with Gasteiger partial charge in [-0.2, -0.15) is 13.2 Å². The number of ether oxygens (including phenoxy) is 2. The third kappa shape index (κ3) is 4.65. The first-order chi connectivity index (χ1) is 11.9. The zero-order valence-corrected chi connectivity index (χ0v) is 14.4. The van der Waals surface area contributed by atoms with Crippen molar-refractivity contribution in [1.29, 1.82) is 0 Å². The van der Waals surface area contributed by atoms with E-state index in [0.717, 1.165) is 7.11 Å². The van der Waals surface area contributed by atoms with Crippen LogP contribution in [-0.2, 0) is 22.2 Å². The van der Waals surface area contributed by atoms with Gasteiger partial charge in [0.05, 0.1) is 24.8 Å².